The Bertz CT molecular complexity index is 772. The van der Waals surface area contributed by atoms with Crippen LogP contribution < -0.4 is 10.5 Å². The lowest BCUT2D eigenvalue weighted by molar-refractivity contribution is 0.415. The third kappa shape index (κ3) is 2.26. The smallest absolute Gasteiger partial charge is 0.162 e. The van der Waals surface area contributed by atoms with Crippen molar-refractivity contribution in [2.45, 2.75) is 0 Å². The van der Waals surface area contributed by atoms with Gasteiger partial charge in [0, 0.05) is 16.0 Å². The number of nitrogens with zero attached hydrogens (tertiary/aromatic N) is 2. The van der Waals surface area contributed by atoms with E-state index in [1.54, 1.807) is 19.2 Å². The molecule has 0 fully saturated rings. The van der Waals surface area contributed by atoms with Crippen molar-refractivity contribution in [2.24, 2.45) is 0 Å². The van der Waals surface area contributed by atoms with E-state index in [-0.39, 0.29) is 0 Å². The van der Waals surface area contributed by atoms with Gasteiger partial charge < -0.3 is 10.5 Å². The summed E-state index contributed by atoms with van der Waals surface area (Å²) >= 11 is 5.88. The molecule has 3 rings (SSSR count). The van der Waals surface area contributed by atoms with Crippen LogP contribution >= 0.6 is 11.6 Å². The van der Waals surface area contributed by atoms with Gasteiger partial charge in [-0.3, -0.25) is 0 Å². The van der Waals surface area contributed by atoms with Gasteiger partial charge >= 0.3 is 0 Å². The zero-order chi connectivity index (χ0) is 14.1. The fourth-order valence-corrected chi connectivity index (χ4v) is 2.11. The van der Waals surface area contributed by atoms with Crippen LogP contribution in [0.2, 0.25) is 5.02 Å². The van der Waals surface area contributed by atoms with Gasteiger partial charge in [0.1, 0.15) is 11.6 Å². The fourth-order valence-electron chi connectivity index (χ4n) is 1.99. The highest BCUT2D eigenvalue weighted by atomic mass is 35.5. The first kappa shape index (κ1) is 12.7. The zero-order valence-electron chi connectivity index (χ0n) is 10.8. The number of methoxy groups -OCH3 is 1. The van der Waals surface area contributed by atoms with E-state index in [1.807, 2.05) is 30.3 Å². The molecular formula is C15H12ClN3O. The molecule has 0 unspecified atom stereocenters. The molecule has 0 spiro atoms. The Labute approximate surface area is 121 Å². The van der Waals surface area contributed by atoms with Gasteiger partial charge in [-0.1, -0.05) is 11.6 Å². The third-order valence-corrected chi connectivity index (χ3v) is 3.29. The molecule has 1 aromatic heterocycles. The second-order valence-corrected chi connectivity index (χ2v) is 4.76. The molecule has 0 aliphatic rings. The molecule has 0 aliphatic carbocycles. The van der Waals surface area contributed by atoms with Crippen LogP contribution in [0.5, 0.6) is 5.75 Å². The maximum atomic E-state index is 6.02. The molecule has 3 aromatic rings. The van der Waals surface area contributed by atoms with Crippen molar-refractivity contribution < 1.29 is 4.74 Å². The topological polar surface area (TPSA) is 61.0 Å². The Morgan fingerprint density at radius 1 is 1.05 bits per heavy atom. The van der Waals surface area contributed by atoms with Crippen LogP contribution in [0.1, 0.15) is 0 Å². The number of benzene rings is 2. The van der Waals surface area contributed by atoms with E-state index in [0.29, 0.717) is 16.7 Å². The van der Waals surface area contributed by atoms with Gasteiger partial charge in [0.2, 0.25) is 0 Å². The molecule has 2 N–H and O–H groups in total. The Morgan fingerprint density at radius 3 is 2.50 bits per heavy atom. The van der Waals surface area contributed by atoms with E-state index in [0.717, 1.165) is 22.2 Å². The Balaban J connectivity index is 2.17. The molecule has 0 saturated heterocycles. The first-order valence-electron chi connectivity index (χ1n) is 6.04. The standard InChI is InChI=1S/C15H12ClN3O/c1-20-11-6-7-13-12(8-11)14(17)19-15(18-13)9-2-4-10(16)5-3-9/h2-8H,1H3,(H2,17,18,19). The Kier molecular flexibility index (Phi) is 3.16. The molecule has 0 radical (unpaired) electrons. The van der Waals surface area contributed by atoms with Crippen LogP contribution in [0.15, 0.2) is 42.5 Å². The maximum absolute atomic E-state index is 6.02. The van der Waals surface area contributed by atoms with Crippen LogP contribution in [0.25, 0.3) is 22.3 Å². The summed E-state index contributed by atoms with van der Waals surface area (Å²) in [5.41, 5.74) is 7.67. The molecule has 0 amide bonds. The van der Waals surface area contributed by atoms with E-state index in [9.17, 15) is 0 Å². The fraction of sp³-hybridized carbons (Fsp3) is 0.0667. The summed E-state index contributed by atoms with van der Waals surface area (Å²) < 4.78 is 5.18. The van der Waals surface area contributed by atoms with Crippen molar-refractivity contribution in [1.29, 1.82) is 0 Å². The van der Waals surface area contributed by atoms with Crippen molar-refractivity contribution in [3.8, 4) is 17.1 Å². The molecule has 2 aromatic carbocycles. The normalized spacial score (nSPS) is 10.7. The molecule has 20 heavy (non-hydrogen) atoms. The van der Waals surface area contributed by atoms with E-state index in [4.69, 9.17) is 22.1 Å². The summed E-state index contributed by atoms with van der Waals surface area (Å²) in [6.45, 7) is 0. The molecule has 0 aliphatic heterocycles. The zero-order valence-corrected chi connectivity index (χ0v) is 11.6. The summed E-state index contributed by atoms with van der Waals surface area (Å²) in [5.74, 6) is 1.74. The van der Waals surface area contributed by atoms with Gasteiger partial charge in [-0.15, -0.1) is 0 Å². The van der Waals surface area contributed by atoms with Gasteiger partial charge in [-0.25, -0.2) is 9.97 Å². The van der Waals surface area contributed by atoms with Crippen LogP contribution in [0, 0.1) is 0 Å². The number of ether oxygens (including phenoxy) is 1. The molecule has 4 nitrogen and oxygen atoms in total. The molecule has 1 heterocycles. The number of hydrogen-bond donors (Lipinski definition) is 1. The number of fused-ring (bicyclic) bond motifs is 1. The average Bonchev–Trinajstić information content (AvgIpc) is 2.47. The summed E-state index contributed by atoms with van der Waals surface area (Å²) in [4.78, 5) is 8.87. The van der Waals surface area contributed by atoms with Crippen molar-refractivity contribution in [1.82, 2.24) is 9.97 Å². The molecule has 0 bridgehead atoms. The summed E-state index contributed by atoms with van der Waals surface area (Å²) in [5, 5.41) is 1.45. The van der Waals surface area contributed by atoms with E-state index >= 15 is 0 Å². The lowest BCUT2D eigenvalue weighted by Crippen LogP contribution is -1.98. The van der Waals surface area contributed by atoms with Gasteiger partial charge in [0.15, 0.2) is 5.82 Å². The Morgan fingerprint density at radius 2 is 1.80 bits per heavy atom. The predicted molar refractivity (Wildman–Crippen MR) is 80.9 cm³/mol. The van der Waals surface area contributed by atoms with E-state index in [2.05, 4.69) is 9.97 Å². The molecule has 0 saturated carbocycles. The second-order valence-electron chi connectivity index (χ2n) is 4.32. The predicted octanol–water partition coefficient (Wildman–Crippen LogP) is 3.54. The number of aromatic nitrogens is 2. The highest BCUT2D eigenvalue weighted by molar-refractivity contribution is 6.30. The average molecular weight is 286 g/mol. The molecule has 100 valence electrons. The highest BCUT2D eigenvalue weighted by Crippen LogP contribution is 2.26. The van der Waals surface area contributed by atoms with Crippen molar-refractivity contribution in [2.75, 3.05) is 12.8 Å². The largest absolute Gasteiger partial charge is 0.497 e. The first-order chi connectivity index (χ1) is 9.67. The van der Waals surface area contributed by atoms with Crippen LogP contribution in [0.4, 0.5) is 5.82 Å². The number of anilines is 1. The van der Waals surface area contributed by atoms with Crippen molar-refractivity contribution in [3.05, 3.63) is 47.5 Å². The van der Waals surface area contributed by atoms with Gasteiger partial charge in [0.05, 0.1) is 12.6 Å². The lowest BCUT2D eigenvalue weighted by atomic mass is 10.2. The molecule has 0 atom stereocenters. The molecular weight excluding hydrogens is 274 g/mol. The minimum Gasteiger partial charge on any atom is -0.497 e. The number of hydrogen-bond acceptors (Lipinski definition) is 4. The third-order valence-electron chi connectivity index (χ3n) is 3.03. The quantitative estimate of drug-likeness (QED) is 0.782. The minimum absolute atomic E-state index is 0.429. The monoisotopic (exact) mass is 285 g/mol. The van der Waals surface area contributed by atoms with Crippen molar-refractivity contribution in [3.63, 3.8) is 0 Å². The van der Waals surface area contributed by atoms with Gasteiger partial charge in [-0.05, 0) is 42.5 Å². The minimum atomic E-state index is 0.429. The number of nitrogens with two attached hydrogens (primary N) is 1. The van der Waals surface area contributed by atoms with E-state index in [1.165, 1.54) is 0 Å². The maximum Gasteiger partial charge on any atom is 0.162 e. The summed E-state index contributed by atoms with van der Waals surface area (Å²) in [7, 11) is 1.61. The highest BCUT2D eigenvalue weighted by Gasteiger charge is 2.08. The van der Waals surface area contributed by atoms with Crippen LogP contribution in [-0.4, -0.2) is 17.1 Å². The van der Waals surface area contributed by atoms with Crippen molar-refractivity contribution >= 4 is 28.3 Å². The lowest BCUT2D eigenvalue weighted by Gasteiger charge is -2.07. The first-order valence-corrected chi connectivity index (χ1v) is 6.42. The number of rotatable bonds is 2. The summed E-state index contributed by atoms with van der Waals surface area (Å²) in [6.07, 6.45) is 0. The number of halogens is 1. The number of nitrogen functional groups attached to an aromatic ring is 1. The van der Waals surface area contributed by atoms with Gasteiger partial charge in [-0.2, -0.15) is 0 Å². The van der Waals surface area contributed by atoms with Crippen LogP contribution in [-0.2, 0) is 0 Å². The summed E-state index contributed by atoms with van der Waals surface area (Å²) in [6, 6.07) is 12.9. The van der Waals surface area contributed by atoms with Crippen LogP contribution in [0.3, 0.4) is 0 Å². The second kappa shape index (κ2) is 4.98. The van der Waals surface area contributed by atoms with E-state index < -0.39 is 0 Å². The van der Waals surface area contributed by atoms with Gasteiger partial charge in [0.25, 0.3) is 0 Å². The molecule has 5 heteroatoms. The Hall–Kier alpha value is -2.33. The SMILES string of the molecule is COc1ccc2nc(-c3ccc(Cl)cc3)nc(N)c2c1.